The van der Waals surface area contributed by atoms with Crippen molar-refractivity contribution in [3.8, 4) is 0 Å². The number of rotatable bonds is 7. The van der Waals surface area contributed by atoms with E-state index in [0.717, 1.165) is 11.0 Å². The Kier molecular flexibility index (Phi) is 7.00. The SMILES string of the molecule is CCN(CC)CCN1C(=O)C(O)(c2cccc(Cl)c2Cl)c2c1cc(C(N)=O)cc2C(F)(F)F. The highest BCUT2D eigenvalue weighted by Crippen LogP contribution is 2.52. The van der Waals surface area contributed by atoms with Crippen LogP contribution in [0.15, 0.2) is 30.3 Å². The Balaban J connectivity index is 2.34. The van der Waals surface area contributed by atoms with Crippen LogP contribution in [-0.4, -0.2) is 48.0 Å². The topological polar surface area (TPSA) is 86.9 Å². The third-order valence-corrected chi connectivity index (χ3v) is 6.61. The quantitative estimate of drug-likeness (QED) is 0.596. The molecule has 0 saturated carbocycles. The highest BCUT2D eigenvalue weighted by molar-refractivity contribution is 6.42. The zero-order chi connectivity index (χ0) is 24.7. The molecule has 0 fully saturated rings. The van der Waals surface area contributed by atoms with Crippen LogP contribution in [0.25, 0.3) is 0 Å². The minimum atomic E-state index is -5.01. The van der Waals surface area contributed by atoms with E-state index >= 15 is 0 Å². The van der Waals surface area contributed by atoms with Crippen LogP contribution in [0.3, 0.4) is 0 Å². The van der Waals surface area contributed by atoms with E-state index in [9.17, 15) is 27.9 Å². The summed E-state index contributed by atoms with van der Waals surface area (Å²) in [5, 5.41) is 11.4. The minimum Gasteiger partial charge on any atom is -0.372 e. The van der Waals surface area contributed by atoms with Crippen molar-refractivity contribution in [3.63, 3.8) is 0 Å². The average Bonchev–Trinajstić information content (AvgIpc) is 2.97. The summed E-state index contributed by atoms with van der Waals surface area (Å²) in [6, 6.07) is 5.62. The molecule has 6 nitrogen and oxygen atoms in total. The molecule has 1 heterocycles. The molecule has 2 amide bonds. The number of benzene rings is 2. The Morgan fingerprint density at radius 2 is 1.85 bits per heavy atom. The fraction of sp³-hybridized carbons (Fsp3) is 0.364. The third kappa shape index (κ3) is 4.30. The lowest BCUT2D eigenvalue weighted by Crippen LogP contribution is -2.44. The van der Waals surface area contributed by atoms with Gasteiger partial charge in [-0.15, -0.1) is 0 Å². The van der Waals surface area contributed by atoms with Crippen LogP contribution in [0, 0.1) is 0 Å². The lowest BCUT2D eigenvalue weighted by Gasteiger charge is -2.27. The van der Waals surface area contributed by atoms with E-state index < -0.39 is 40.3 Å². The predicted molar refractivity (Wildman–Crippen MR) is 120 cm³/mol. The number of carbonyl (C=O) groups is 2. The Labute approximate surface area is 198 Å². The molecule has 0 aliphatic carbocycles. The number of nitrogens with two attached hydrogens (primary N) is 1. The van der Waals surface area contributed by atoms with Gasteiger partial charge in [-0.2, -0.15) is 13.2 Å². The number of aliphatic hydroxyl groups is 1. The Morgan fingerprint density at radius 3 is 2.39 bits per heavy atom. The number of amides is 2. The maximum Gasteiger partial charge on any atom is 0.416 e. The maximum absolute atomic E-state index is 14.1. The molecule has 2 aromatic carbocycles. The number of nitrogens with zero attached hydrogens (tertiary/aromatic N) is 2. The van der Waals surface area contributed by atoms with Gasteiger partial charge in [0.15, 0.2) is 5.60 Å². The lowest BCUT2D eigenvalue weighted by atomic mass is 9.83. The van der Waals surface area contributed by atoms with Gasteiger partial charge in [0.1, 0.15) is 0 Å². The summed E-state index contributed by atoms with van der Waals surface area (Å²) in [6.07, 6.45) is -5.01. The molecule has 33 heavy (non-hydrogen) atoms. The van der Waals surface area contributed by atoms with Gasteiger partial charge in [0.05, 0.1) is 21.3 Å². The number of alkyl halides is 3. The molecule has 0 radical (unpaired) electrons. The number of fused-ring (bicyclic) bond motifs is 1. The van der Waals surface area contributed by atoms with Crippen molar-refractivity contribution >= 4 is 40.7 Å². The predicted octanol–water partition coefficient (Wildman–Crippen LogP) is 4.04. The smallest absolute Gasteiger partial charge is 0.372 e. The number of primary amides is 1. The first-order valence-corrected chi connectivity index (χ1v) is 10.9. The van der Waals surface area contributed by atoms with Gasteiger partial charge in [0.2, 0.25) is 5.91 Å². The van der Waals surface area contributed by atoms with Gasteiger partial charge in [-0.1, -0.05) is 49.2 Å². The third-order valence-electron chi connectivity index (χ3n) is 5.79. The van der Waals surface area contributed by atoms with E-state index in [-0.39, 0.29) is 27.8 Å². The summed E-state index contributed by atoms with van der Waals surface area (Å²) in [5.41, 5.74) is -0.560. The fourth-order valence-electron chi connectivity index (χ4n) is 4.03. The number of hydrogen-bond donors (Lipinski definition) is 2. The molecule has 0 saturated heterocycles. The van der Waals surface area contributed by atoms with Gasteiger partial charge >= 0.3 is 6.18 Å². The Morgan fingerprint density at radius 1 is 1.21 bits per heavy atom. The molecule has 1 aliphatic heterocycles. The van der Waals surface area contributed by atoms with Crippen molar-refractivity contribution in [1.82, 2.24) is 4.90 Å². The van der Waals surface area contributed by atoms with E-state index in [0.29, 0.717) is 25.7 Å². The van der Waals surface area contributed by atoms with Crippen LogP contribution in [0.4, 0.5) is 18.9 Å². The Bertz CT molecular complexity index is 1110. The van der Waals surface area contributed by atoms with Crippen LogP contribution in [0.1, 0.15) is 40.9 Å². The molecule has 0 aromatic heterocycles. The van der Waals surface area contributed by atoms with Crippen LogP contribution in [0.2, 0.25) is 10.0 Å². The van der Waals surface area contributed by atoms with E-state index in [4.69, 9.17) is 28.9 Å². The summed E-state index contributed by atoms with van der Waals surface area (Å²) in [7, 11) is 0. The fourth-order valence-corrected chi connectivity index (χ4v) is 4.47. The molecule has 3 N–H and O–H groups in total. The normalized spacial score (nSPS) is 18.2. The van der Waals surface area contributed by atoms with Crippen molar-refractivity contribution in [1.29, 1.82) is 0 Å². The molecule has 0 spiro atoms. The summed E-state index contributed by atoms with van der Waals surface area (Å²) < 4.78 is 42.4. The lowest BCUT2D eigenvalue weighted by molar-refractivity contribution is -0.142. The van der Waals surface area contributed by atoms with Gasteiger partial charge in [-0.3, -0.25) is 9.59 Å². The van der Waals surface area contributed by atoms with Crippen molar-refractivity contribution in [2.75, 3.05) is 31.1 Å². The highest BCUT2D eigenvalue weighted by atomic mass is 35.5. The second kappa shape index (κ2) is 9.13. The van der Waals surface area contributed by atoms with Gasteiger partial charge in [0.25, 0.3) is 5.91 Å². The van der Waals surface area contributed by atoms with Gasteiger partial charge in [-0.05, 0) is 31.3 Å². The molecule has 3 rings (SSSR count). The second-order valence-corrected chi connectivity index (χ2v) is 8.36. The molecule has 11 heteroatoms. The van der Waals surface area contributed by atoms with Crippen LogP contribution in [0.5, 0.6) is 0 Å². The molecule has 1 aliphatic rings. The monoisotopic (exact) mass is 503 g/mol. The zero-order valence-corrected chi connectivity index (χ0v) is 19.4. The molecule has 178 valence electrons. The number of carbonyl (C=O) groups excluding carboxylic acids is 2. The first-order valence-electron chi connectivity index (χ1n) is 10.1. The van der Waals surface area contributed by atoms with E-state index in [1.807, 2.05) is 18.7 Å². The largest absolute Gasteiger partial charge is 0.416 e. The number of hydrogen-bond acceptors (Lipinski definition) is 4. The van der Waals surface area contributed by atoms with Crippen molar-refractivity contribution in [2.24, 2.45) is 5.73 Å². The molecular weight excluding hydrogens is 482 g/mol. The zero-order valence-electron chi connectivity index (χ0n) is 17.8. The maximum atomic E-state index is 14.1. The summed E-state index contributed by atoms with van der Waals surface area (Å²) in [6.45, 7) is 5.37. The highest BCUT2D eigenvalue weighted by Gasteiger charge is 2.56. The standard InChI is InChI=1S/C22H22Cl2F3N3O3/c1-3-29(4-2)8-9-30-16-11-12(19(28)31)10-14(22(25,26)27)17(16)21(33,20(30)32)13-6-5-7-15(23)18(13)24/h5-7,10-11,33H,3-4,8-9H2,1-2H3,(H2,28,31). The van der Waals surface area contributed by atoms with Crippen molar-refractivity contribution < 1.29 is 27.9 Å². The molecule has 1 atom stereocenters. The van der Waals surface area contributed by atoms with E-state index in [1.54, 1.807) is 0 Å². The minimum absolute atomic E-state index is 0.0342. The van der Waals surface area contributed by atoms with Crippen molar-refractivity contribution in [3.05, 3.63) is 62.6 Å². The van der Waals surface area contributed by atoms with Gasteiger partial charge < -0.3 is 20.6 Å². The number of likely N-dealkylation sites (N-methyl/N-ethyl adjacent to an activating group) is 1. The second-order valence-electron chi connectivity index (χ2n) is 7.58. The summed E-state index contributed by atoms with van der Waals surface area (Å²) in [4.78, 5) is 28.4. The van der Waals surface area contributed by atoms with Gasteiger partial charge in [-0.25, -0.2) is 0 Å². The first-order chi connectivity index (χ1) is 15.4. The van der Waals surface area contributed by atoms with E-state index in [1.165, 1.54) is 18.2 Å². The number of halogens is 5. The Hall–Kier alpha value is -2.33. The first kappa shape index (κ1) is 25.3. The van der Waals surface area contributed by atoms with Crippen molar-refractivity contribution in [2.45, 2.75) is 25.6 Å². The molecule has 0 bridgehead atoms. The van der Waals surface area contributed by atoms with Crippen LogP contribution < -0.4 is 10.6 Å². The summed E-state index contributed by atoms with van der Waals surface area (Å²) in [5.74, 6) is -2.13. The molecule has 2 aromatic rings. The number of anilines is 1. The average molecular weight is 504 g/mol. The van der Waals surface area contributed by atoms with Crippen LogP contribution >= 0.6 is 23.2 Å². The molecule has 1 unspecified atom stereocenters. The summed E-state index contributed by atoms with van der Waals surface area (Å²) >= 11 is 12.3. The van der Waals surface area contributed by atoms with Crippen LogP contribution in [-0.2, 0) is 16.6 Å². The van der Waals surface area contributed by atoms with E-state index in [2.05, 4.69) is 0 Å². The van der Waals surface area contributed by atoms with Gasteiger partial charge in [0, 0.05) is 29.8 Å². The molecular formula is C22H22Cl2F3N3O3.